The van der Waals surface area contributed by atoms with Crippen molar-refractivity contribution in [3.05, 3.63) is 34.4 Å². The smallest absolute Gasteiger partial charge is 0.189 e. The van der Waals surface area contributed by atoms with Crippen LogP contribution in [-0.2, 0) is 7.05 Å². The molecule has 0 atom stereocenters. The predicted octanol–water partition coefficient (Wildman–Crippen LogP) is 1.95. The van der Waals surface area contributed by atoms with E-state index in [0.29, 0.717) is 32.9 Å². The Morgan fingerprint density at radius 3 is 2.70 bits per heavy atom. The van der Waals surface area contributed by atoms with Gasteiger partial charge in [0.05, 0.1) is 15.7 Å². The minimum absolute atomic E-state index is 0.312. The molecule has 7 nitrogen and oxygen atoms in total. The first-order valence-electron chi connectivity index (χ1n) is 5.59. The van der Waals surface area contributed by atoms with Crippen molar-refractivity contribution in [1.82, 2.24) is 30.0 Å². The number of nitrogens with two attached hydrogens (primary N) is 1. The summed E-state index contributed by atoms with van der Waals surface area (Å²) in [6.07, 6.45) is 1.80. The van der Waals surface area contributed by atoms with Crippen LogP contribution in [0.1, 0.15) is 0 Å². The standard InChI is InChI=1S/C11H9Cl2N7/c1-19-3-2-9(16-19)20-11(15-17-18-20)6-4-7(12)10(13)8(14)5-6/h2-5H,14H2,1H3. The van der Waals surface area contributed by atoms with Gasteiger partial charge in [0.2, 0.25) is 0 Å². The summed E-state index contributed by atoms with van der Waals surface area (Å²) in [6.45, 7) is 0. The van der Waals surface area contributed by atoms with Crippen molar-refractivity contribution in [2.75, 3.05) is 5.73 Å². The number of anilines is 1. The van der Waals surface area contributed by atoms with Crippen molar-refractivity contribution in [2.24, 2.45) is 7.05 Å². The molecule has 0 amide bonds. The Morgan fingerprint density at radius 2 is 2.05 bits per heavy atom. The quantitative estimate of drug-likeness (QED) is 0.731. The zero-order valence-corrected chi connectivity index (χ0v) is 11.8. The largest absolute Gasteiger partial charge is 0.397 e. The van der Waals surface area contributed by atoms with E-state index in [1.807, 2.05) is 7.05 Å². The molecule has 0 bridgehead atoms. The summed E-state index contributed by atoms with van der Waals surface area (Å²) in [7, 11) is 1.81. The summed E-state index contributed by atoms with van der Waals surface area (Å²) in [6, 6.07) is 5.12. The van der Waals surface area contributed by atoms with E-state index in [-0.39, 0.29) is 0 Å². The molecule has 0 fully saturated rings. The maximum atomic E-state index is 6.03. The average molecular weight is 310 g/mol. The van der Waals surface area contributed by atoms with E-state index in [9.17, 15) is 0 Å². The molecule has 1 aromatic carbocycles. The monoisotopic (exact) mass is 309 g/mol. The SMILES string of the molecule is Cn1ccc(-n2nnnc2-c2cc(N)c(Cl)c(Cl)c2)n1. The number of rotatable bonds is 2. The highest BCUT2D eigenvalue weighted by molar-refractivity contribution is 6.43. The Morgan fingerprint density at radius 1 is 1.25 bits per heavy atom. The van der Waals surface area contributed by atoms with Crippen molar-refractivity contribution in [3.63, 3.8) is 0 Å². The van der Waals surface area contributed by atoms with Crippen molar-refractivity contribution in [2.45, 2.75) is 0 Å². The molecule has 9 heteroatoms. The molecule has 0 unspecified atom stereocenters. The second-order valence-corrected chi connectivity index (χ2v) is 4.91. The first-order valence-corrected chi connectivity index (χ1v) is 6.35. The van der Waals surface area contributed by atoms with Gasteiger partial charge in [-0.2, -0.15) is 9.78 Å². The van der Waals surface area contributed by atoms with Gasteiger partial charge < -0.3 is 5.73 Å². The van der Waals surface area contributed by atoms with Crippen molar-refractivity contribution >= 4 is 28.9 Å². The van der Waals surface area contributed by atoms with Crippen molar-refractivity contribution < 1.29 is 0 Å². The second-order valence-electron chi connectivity index (χ2n) is 4.12. The highest BCUT2D eigenvalue weighted by Gasteiger charge is 2.15. The number of benzene rings is 1. The summed E-state index contributed by atoms with van der Waals surface area (Å²) in [4.78, 5) is 0. The third-order valence-electron chi connectivity index (χ3n) is 2.70. The van der Waals surface area contributed by atoms with E-state index in [2.05, 4.69) is 20.6 Å². The first kappa shape index (κ1) is 12.9. The van der Waals surface area contributed by atoms with Crippen LogP contribution in [0.2, 0.25) is 10.0 Å². The van der Waals surface area contributed by atoms with Gasteiger partial charge in [0, 0.05) is 24.9 Å². The van der Waals surface area contributed by atoms with E-state index in [1.54, 1.807) is 29.1 Å². The second kappa shape index (κ2) is 4.77. The van der Waals surface area contributed by atoms with Crippen LogP contribution in [0.4, 0.5) is 5.69 Å². The molecule has 0 saturated heterocycles. The molecule has 0 spiro atoms. The highest BCUT2D eigenvalue weighted by Crippen LogP contribution is 2.33. The lowest BCUT2D eigenvalue weighted by molar-refractivity contribution is 0.715. The molecule has 3 aromatic rings. The molecule has 2 heterocycles. The molecule has 0 aliphatic heterocycles. The Labute approximate surface area is 123 Å². The summed E-state index contributed by atoms with van der Waals surface area (Å²) in [5.41, 5.74) is 6.83. The minimum Gasteiger partial charge on any atom is -0.397 e. The number of nitrogen functional groups attached to an aromatic ring is 1. The maximum absolute atomic E-state index is 6.03. The molecular formula is C11H9Cl2N7. The number of hydrogen-bond acceptors (Lipinski definition) is 5. The Bertz CT molecular complexity index is 754. The average Bonchev–Trinajstić information content (AvgIpc) is 3.03. The van der Waals surface area contributed by atoms with Crippen LogP contribution < -0.4 is 5.73 Å². The molecule has 20 heavy (non-hydrogen) atoms. The highest BCUT2D eigenvalue weighted by atomic mass is 35.5. The van der Waals surface area contributed by atoms with Crippen molar-refractivity contribution in [3.8, 4) is 17.2 Å². The van der Waals surface area contributed by atoms with Gasteiger partial charge >= 0.3 is 0 Å². The lowest BCUT2D eigenvalue weighted by Crippen LogP contribution is -2.02. The van der Waals surface area contributed by atoms with Gasteiger partial charge in [-0.1, -0.05) is 23.2 Å². The van der Waals surface area contributed by atoms with Gasteiger partial charge in [0.15, 0.2) is 11.6 Å². The Kier molecular flexibility index (Phi) is 3.07. The molecular weight excluding hydrogens is 301 g/mol. The fraction of sp³-hybridized carbons (Fsp3) is 0.0909. The van der Waals surface area contributed by atoms with E-state index >= 15 is 0 Å². The third kappa shape index (κ3) is 2.10. The normalized spacial score (nSPS) is 10.9. The van der Waals surface area contributed by atoms with E-state index in [1.165, 1.54) is 4.68 Å². The fourth-order valence-corrected chi connectivity index (χ4v) is 2.11. The zero-order valence-electron chi connectivity index (χ0n) is 10.3. The molecule has 102 valence electrons. The molecule has 0 aliphatic carbocycles. The number of aryl methyl sites for hydroxylation is 1. The van der Waals surface area contributed by atoms with E-state index in [0.717, 1.165) is 0 Å². The van der Waals surface area contributed by atoms with E-state index < -0.39 is 0 Å². The lowest BCUT2D eigenvalue weighted by atomic mass is 10.2. The zero-order chi connectivity index (χ0) is 14.3. The predicted molar refractivity (Wildman–Crippen MR) is 75.8 cm³/mol. The number of tetrazole rings is 1. The van der Waals surface area contributed by atoms with Crippen LogP contribution in [0.5, 0.6) is 0 Å². The Balaban J connectivity index is 2.15. The number of hydrogen-bond donors (Lipinski definition) is 1. The summed E-state index contributed by atoms with van der Waals surface area (Å²) >= 11 is 12.0. The molecule has 0 aliphatic rings. The number of aromatic nitrogens is 6. The van der Waals surface area contributed by atoms with Gasteiger partial charge in [-0.3, -0.25) is 4.68 Å². The number of halogens is 2. The molecule has 2 aromatic heterocycles. The molecule has 2 N–H and O–H groups in total. The van der Waals surface area contributed by atoms with Gasteiger partial charge in [0.1, 0.15) is 0 Å². The van der Waals surface area contributed by atoms with Gasteiger partial charge in [-0.15, -0.1) is 5.10 Å². The topological polar surface area (TPSA) is 87.4 Å². The minimum atomic E-state index is 0.312. The maximum Gasteiger partial charge on any atom is 0.189 e. The molecule has 3 rings (SSSR count). The molecule has 0 radical (unpaired) electrons. The summed E-state index contributed by atoms with van der Waals surface area (Å²) < 4.78 is 3.16. The number of nitrogens with zero attached hydrogens (tertiary/aromatic N) is 6. The molecule has 0 saturated carbocycles. The van der Waals surface area contributed by atoms with Crippen LogP contribution in [0.3, 0.4) is 0 Å². The summed E-state index contributed by atoms with van der Waals surface area (Å²) in [5.74, 6) is 1.08. The first-order chi connectivity index (χ1) is 9.56. The lowest BCUT2D eigenvalue weighted by Gasteiger charge is -2.05. The van der Waals surface area contributed by atoms with E-state index in [4.69, 9.17) is 28.9 Å². The fourth-order valence-electron chi connectivity index (χ4n) is 1.78. The van der Waals surface area contributed by atoms with Crippen LogP contribution in [-0.4, -0.2) is 30.0 Å². The van der Waals surface area contributed by atoms with Crippen LogP contribution in [0, 0.1) is 0 Å². The van der Waals surface area contributed by atoms with Gasteiger partial charge in [-0.25, -0.2) is 0 Å². The van der Waals surface area contributed by atoms with Gasteiger partial charge in [0.25, 0.3) is 0 Å². The van der Waals surface area contributed by atoms with Gasteiger partial charge in [-0.05, 0) is 22.6 Å². The third-order valence-corrected chi connectivity index (χ3v) is 3.52. The van der Waals surface area contributed by atoms with Crippen molar-refractivity contribution in [1.29, 1.82) is 0 Å². The summed E-state index contributed by atoms with van der Waals surface area (Å²) in [5, 5.41) is 16.5. The van der Waals surface area contributed by atoms with Crippen LogP contribution in [0.25, 0.3) is 17.2 Å². The van der Waals surface area contributed by atoms with Crippen LogP contribution >= 0.6 is 23.2 Å². The van der Waals surface area contributed by atoms with Crippen LogP contribution in [0.15, 0.2) is 24.4 Å². The Hall–Kier alpha value is -2.12.